The van der Waals surface area contributed by atoms with Crippen LogP contribution in [0.1, 0.15) is 11.3 Å². The molecule has 1 unspecified atom stereocenters. The van der Waals surface area contributed by atoms with Crippen LogP contribution in [0.2, 0.25) is 0 Å². The molecule has 0 aliphatic carbocycles. The topological polar surface area (TPSA) is 91.5 Å². The molecule has 0 spiro atoms. The number of nitrogens with one attached hydrogen (secondary N) is 1. The van der Waals surface area contributed by atoms with Gasteiger partial charge in [-0.25, -0.2) is 9.67 Å². The molecular formula is C17H14N4O2S. The van der Waals surface area contributed by atoms with Gasteiger partial charge in [0.15, 0.2) is 5.82 Å². The van der Waals surface area contributed by atoms with E-state index in [0.717, 1.165) is 5.56 Å². The summed E-state index contributed by atoms with van der Waals surface area (Å²) in [5.41, 5.74) is 2.28. The molecule has 0 amide bonds. The van der Waals surface area contributed by atoms with Gasteiger partial charge >= 0.3 is 0 Å². The fourth-order valence-electron chi connectivity index (χ4n) is 2.43. The number of hydrogen-bond donors (Lipinski definition) is 1. The molecule has 0 saturated carbocycles. The van der Waals surface area contributed by atoms with Crippen LogP contribution in [0, 0.1) is 18.3 Å². The summed E-state index contributed by atoms with van der Waals surface area (Å²) in [4.78, 5) is 17.5. The molecule has 3 aromatic rings. The average Bonchev–Trinajstić information content (AvgIpc) is 2.89. The zero-order valence-corrected chi connectivity index (χ0v) is 13.9. The monoisotopic (exact) mass is 338 g/mol. The van der Waals surface area contributed by atoms with Gasteiger partial charge in [-0.2, -0.15) is 5.26 Å². The first-order valence-electron chi connectivity index (χ1n) is 7.13. The van der Waals surface area contributed by atoms with E-state index >= 15 is 0 Å². The third kappa shape index (κ3) is 2.79. The van der Waals surface area contributed by atoms with Crippen LogP contribution < -0.4 is 5.56 Å². The number of nitriles is 1. The Hall–Kier alpha value is -2.98. The normalized spacial score (nSPS) is 11.9. The van der Waals surface area contributed by atoms with Crippen molar-refractivity contribution in [2.24, 2.45) is 0 Å². The highest BCUT2D eigenvalue weighted by Crippen LogP contribution is 2.20. The van der Waals surface area contributed by atoms with Gasteiger partial charge in [-0.3, -0.25) is 14.1 Å². The maximum atomic E-state index is 12.7. The largest absolute Gasteiger partial charge is 0.293 e. The Morgan fingerprint density at radius 2 is 1.92 bits per heavy atom. The Balaban J connectivity index is 2.07. The number of aryl methyl sites for hydroxylation is 1. The van der Waals surface area contributed by atoms with Gasteiger partial charge in [0.2, 0.25) is 0 Å². The number of hydrogen-bond acceptors (Lipinski definition) is 4. The first-order valence-corrected chi connectivity index (χ1v) is 8.69. The van der Waals surface area contributed by atoms with Crippen molar-refractivity contribution in [2.45, 2.75) is 11.8 Å². The van der Waals surface area contributed by atoms with E-state index in [1.165, 1.54) is 10.9 Å². The van der Waals surface area contributed by atoms with E-state index in [2.05, 4.69) is 16.2 Å². The number of nitrogens with zero attached hydrogens (tertiary/aromatic N) is 3. The minimum absolute atomic E-state index is 0.227. The van der Waals surface area contributed by atoms with E-state index in [-0.39, 0.29) is 5.56 Å². The summed E-state index contributed by atoms with van der Waals surface area (Å²) in [6.45, 7) is 1.81. The van der Waals surface area contributed by atoms with Crippen molar-refractivity contribution in [3.63, 3.8) is 0 Å². The van der Waals surface area contributed by atoms with Crippen molar-refractivity contribution >= 4 is 10.8 Å². The maximum Gasteiger partial charge on any atom is 0.280 e. The highest BCUT2D eigenvalue weighted by molar-refractivity contribution is 7.84. The summed E-state index contributed by atoms with van der Waals surface area (Å²) >= 11 is 0. The molecule has 6 nitrogen and oxygen atoms in total. The molecule has 0 aliphatic heterocycles. The Morgan fingerprint density at radius 1 is 1.21 bits per heavy atom. The third-order valence-electron chi connectivity index (χ3n) is 3.66. The lowest BCUT2D eigenvalue weighted by Gasteiger charge is -2.01. The molecule has 7 heteroatoms. The molecule has 1 atom stereocenters. The van der Waals surface area contributed by atoms with E-state index in [4.69, 9.17) is 5.26 Å². The van der Waals surface area contributed by atoms with Crippen molar-refractivity contribution in [1.82, 2.24) is 14.8 Å². The quantitative estimate of drug-likeness (QED) is 0.792. The van der Waals surface area contributed by atoms with Crippen molar-refractivity contribution in [3.05, 3.63) is 64.2 Å². The van der Waals surface area contributed by atoms with Crippen LogP contribution in [0.15, 0.2) is 52.3 Å². The number of benzene rings is 1. The van der Waals surface area contributed by atoms with Gasteiger partial charge in [0.25, 0.3) is 5.56 Å². The lowest BCUT2D eigenvalue weighted by Crippen LogP contribution is -2.17. The molecule has 24 heavy (non-hydrogen) atoms. The molecule has 120 valence electrons. The summed E-state index contributed by atoms with van der Waals surface area (Å²) in [6, 6.07) is 12.2. The van der Waals surface area contributed by atoms with Crippen molar-refractivity contribution in [1.29, 1.82) is 5.26 Å². The standard InChI is InChI=1S/C17H14N4O2S/c1-11-16(13-5-3-12(9-18)4-6-13)17(22)21(20-11)15-8-7-14(10-19-15)24(2)23/h3-8,10,20H,1-2H3. The first-order chi connectivity index (χ1) is 11.5. The van der Waals surface area contributed by atoms with Gasteiger partial charge in [0, 0.05) is 18.1 Å². The molecule has 0 radical (unpaired) electrons. The van der Waals surface area contributed by atoms with Crippen LogP contribution >= 0.6 is 0 Å². The molecule has 1 aromatic carbocycles. The summed E-state index contributed by atoms with van der Waals surface area (Å²) in [7, 11) is -1.12. The van der Waals surface area contributed by atoms with Crippen LogP contribution in [-0.4, -0.2) is 25.2 Å². The van der Waals surface area contributed by atoms with Crippen LogP contribution in [-0.2, 0) is 10.8 Å². The van der Waals surface area contributed by atoms with E-state index < -0.39 is 10.8 Å². The summed E-state index contributed by atoms with van der Waals surface area (Å²) in [5, 5.41) is 11.9. The van der Waals surface area contributed by atoms with E-state index in [9.17, 15) is 9.00 Å². The Bertz CT molecular complexity index is 1010. The second-order valence-corrected chi connectivity index (χ2v) is 6.63. The summed E-state index contributed by atoms with van der Waals surface area (Å²) in [5.74, 6) is 0.428. The number of H-pyrrole nitrogens is 1. The maximum absolute atomic E-state index is 12.7. The predicted molar refractivity (Wildman–Crippen MR) is 91.4 cm³/mol. The van der Waals surface area contributed by atoms with Gasteiger partial charge < -0.3 is 0 Å². The molecule has 0 bridgehead atoms. The fourth-order valence-corrected chi connectivity index (χ4v) is 2.89. The van der Waals surface area contributed by atoms with Crippen molar-refractivity contribution in [2.75, 3.05) is 6.26 Å². The van der Waals surface area contributed by atoms with Crippen LogP contribution in [0.25, 0.3) is 16.9 Å². The number of aromatic amines is 1. The van der Waals surface area contributed by atoms with Gasteiger partial charge in [-0.1, -0.05) is 12.1 Å². The van der Waals surface area contributed by atoms with E-state index in [0.29, 0.717) is 27.5 Å². The highest BCUT2D eigenvalue weighted by Gasteiger charge is 2.15. The van der Waals surface area contributed by atoms with E-state index in [1.807, 2.05) is 0 Å². The minimum atomic E-state index is -1.12. The second-order valence-electron chi connectivity index (χ2n) is 5.25. The molecular weight excluding hydrogens is 324 g/mol. The SMILES string of the molecule is Cc1[nH]n(-c2ccc(S(C)=O)cn2)c(=O)c1-c1ccc(C#N)cc1. The van der Waals surface area contributed by atoms with Gasteiger partial charge in [-0.05, 0) is 36.8 Å². The lowest BCUT2D eigenvalue weighted by atomic mass is 10.1. The van der Waals surface area contributed by atoms with Gasteiger partial charge in [0.05, 0.1) is 32.9 Å². The Morgan fingerprint density at radius 3 is 2.46 bits per heavy atom. The van der Waals surface area contributed by atoms with E-state index in [1.54, 1.807) is 49.6 Å². The number of aromatic nitrogens is 3. The Labute approximate surface area is 140 Å². The van der Waals surface area contributed by atoms with Gasteiger partial charge in [0.1, 0.15) is 0 Å². The first kappa shape index (κ1) is 15.9. The van der Waals surface area contributed by atoms with Crippen molar-refractivity contribution < 1.29 is 4.21 Å². The Kier molecular flexibility index (Phi) is 4.15. The fraction of sp³-hybridized carbons (Fsp3) is 0.118. The van der Waals surface area contributed by atoms with Crippen LogP contribution in [0.5, 0.6) is 0 Å². The molecule has 0 fully saturated rings. The second kappa shape index (κ2) is 6.26. The van der Waals surface area contributed by atoms with Crippen LogP contribution in [0.4, 0.5) is 0 Å². The summed E-state index contributed by atoms with van der Waals surface area (Å²) in [6.07, 6.45) is 3.07. The van der Waals surface area contributed by atoms with Crippen molar-refractivity contribution in [3.8, 4) is 23.0 Å². The number of pyridine rings is 1. The molecule has 1 N–H and O–H groups in total. The molecule has 0 saturated heterocycles. The zero-order chi connectivity index (χ0) is 17.3. The van der Waals surface area contributed by atoms with Crippen LogP contribution in [0.3, 0.4) is 0 Å². The molecule has 3 rings (SSSR count). The average molecular weight is 338 g/mol. The highest BCUT2D eigenvalue weighted by atomic mass is 32.2. The lowest BCUT2D eigenvalue weighted by molar-refractivity contribution is 0.686. The minimum Gasteiger partial charge on any atom is -0.293 e. The molecule has 2 heterocycles. The molecule has 0 aliphatic rings. The third-order valence-corrected chi connectivity index (χ3v) is 4.56. The van der Waals surface area contributed by atoms with Gasteiger partial charge in [-0.15, -0.1) is 0 Å². The summed E-state index contributed by atoms with van der Waals surface area (Å²) < 4.78 is 12.8. The molecule has 2 aromatic heterocycles. The predicted octanol–water partition coefficient (Wildman–Crippen LogP) is 2.15. The zero-order valence-electron chi connectivity index (χ0n) is 13.1. The smallest absolute Gasteiger partial charge is 0.280 e. The number of rotatable bonds is 3.